The molecule has 0 spiro atoms. The molecule has 1 aromatic heterocycles. The molecule has 0 unspecified atom stereocenters. The highest BCUT2D eigenvalue weighted by Gasteiger charge is 2.10. The van der Waals surface area contributed by atoms with Crippen molar-refractivity contribution in [1.29, 1.82) is 0 Å². The molecule has 0 atom stereocenters. The molecule has 0 amide bonds. The number of hydrogen-bond donors (Lipinski definition) is 1. The van der Waals surface area contributed by atoms with Gasteiger partial charge in [-0.3, -0.25) is 9.67 Å². The maximum atomic E-state index is 4.47. The van der Waals surface area contributed by atoms with Crippen molar-refractivity contribution >= 4 is 5.96 Å². The van der Waals surface area contributed by atoms with Crippen molar-refractivity contribution in [1.82, 2.24) is 20.0 Å². The molecule has 0 saturated heterocycles. The minimum atomic E-state index is 0.838. The summed E-state index contributed by atoms with van der Waals surface area (Å²) < 4.78 is 1.95. The summed E-state index contributed by atoms with van der Waals surface area (Å²) in [5.41, 5.74) is 6.23. The molecule has 24 heavy (non-hydrogen) atoms. The van der Waals surface area contributed by atoms with E-state index in [1.807, 2.05) is 18.8 Å². The van der Waals surface area contributed by atoms with Crippen LogP contribution < -0.4 is 5.32 Å². The summed E-state index contributed by atoms with van der Waals surface area (Å²) in [6.45, 7) is 7.98. The van der Waals surface area contributed by atoms with Crippen LogP contribution in [0.1, 0.15) is 28.1 Å². The molecule has 0 aliphatic carbocycles. The Kier molecular flexibility index (Phi) is 6.01. The van der Waals surface area contributed by atoms with E-state index in [1.165, 1.54) is 22.4 Å². The predicted molar refractivity (Wildman–Crippen MR) is 100 cm³/mol. The third-order valence-corrected chi connectivity index (χ3v) is 4.43. The molecule has 2 aromatic rings. The molecule has 130 valence electrons. The van der Waals surface area contributed by atoms with E-state index in [-0.39, 0.29) is 0 Å². The first kappa shape index (κ1) is 18.0. The van der Waals surface area contributed by atoms with E-state index >= 15 is 0 Å². The molecule has 0 radical (unpaired) electrons. The second kappa shape index (κ2) is 7.99. The van der Waals surface area contributed by atoms with Crippen LogP contribution in [0.4, 0.5) is 0 Å². The number of aliphatic imine (C=N–C) groups is 1. The molecule has 5 nitrogen and oxygen atoms in total. The van der Waals surface area contributed by atoms with Crippen LogP contribution in [0.25, 0.3) is 0 Å². The minimum absolute atomic E-state index is 0.838. The summed E-state index contributed by atoms with van der Waals surface area (Å²) in [4.78, 5) is 6.54. The van der Waals surface area contributed by atoms with Gasteiger partial charge in [-0.1, -0.05) is 29.8 Å². The largest absolute Gasteiger partial charge is 0.356 e. The van der Waals surface area contributed by atoms with Crippen LogP contribution in [-0.4, -0.2) is 41.3 Å². The Labute approximate surface area is 145 Å². The van der Waals surface area contributed by atoms with Gasteiger partial charge in [-0.15, -0.1) is 0 Å². The molecule has 0 fully saturated rings. The summed E-state index contributed by atoms with van der Waals surface area (Å²) in [5, 5.41) is 7.93. The average Bonchev–Trinajstić information content (AvgIpc) is 2.79. The first-order chi connectivity index (χ1) is 11.4. The van der Waals surface area contributed by atoms with Gasteiger partial charge in [0.25, 0.3) is 0 Å². The summed E-state index contributed by atoms with van der Waals surface area (Å²) in [6.07, 6.45) is 0.947. The Balaban J connectivity index is 1.90. The first-order valence-corrected chi connectivity index (χ1v) is 8.38. The molecule has 2 rings (SSSR count). The van der Waals surface area contributed by atoms with Gasteiger partial charge >= 0.3 is 0 Å². The smallest absolute Gasteiger partial charge is 0.193 e. The number of nitrogens with one attached hydrogen (secondary N) is 1. The van der Waals surface area contributed by atoms with Gasteiger partial charge in [0.2, 0.25) is 0 Å². The third kappa shape index (κ3) is 4.37. The fourth-order valence-corrected chi connectivity index (χ4v) is 2.91. The highest BCUT2D eigenvalue weighted by molar-refractivity contribution is 5.79. The Morgan fingerprint density at radius 3 is 2.42 bits per heavy atom. The van der Waals surface area contributed by atoms with E-state index in [0.29, 0.717) is 0 Å². The van der Waals surface area contributed by atoms with Crippen LogP contribution >= 0.6 is 0 Å². The number of hydrogen-bond acceptors (Lipinski definition) is 2. The Morgan fingerprint density at radius 2 is 1.88 bits per heavy atom. The minimum Gasteiger partial charge on any atom is -0.356 e. The number of rotatable bonds is 5. The third-order valence-electron chi connectivity index (χ3n) is 4.43. The summed E-state index contributed by atoms with van der Waals surface area (Å²) in [5.74, 6) is 0.912. The van der Waals surface area contributed by atoms with Gasteiger partial charge in [0.15, 0.2) is 5.96 Å². The van der Waals surface area contributed by atoms with Crippen LogP contribution in [-0.2, 0) is 20.0 Å². The van der Waals surface area contributed by atoms with Gasteiger partial charge < -0.3 is 10.2 Å². The maximum absolute atomic E-state index is 4.47. The number of nitrogens with zero attached hydrogens (tertiary/aromatic N) is 4. The zero-order chi connectivity index (χ0) is 17.7. The van der Waals surface area contributed by atoms with Crippen LogP contribution in [0.5, 0.6) is 0 Å². The van der Waals surface area contributed by atoms with Crippen LogP contribution in [0.15, 0.2) is 29.3 Å². The number of aromatic nitrogens is 2. The highest BCUT2D eigenvalue weighted by atomic mass is 15.3. The zero-order valence-electron chi connectivity index (χ0n) is 15.7. The monoisotopic (exact) mass is 327 g/mol. The summed E-state index contributed by atoms with van der Waals surface area (Å²) in [7, 11) is 5.89. The second-order valence-electron chi connectivity index (χ2n) is 6.34. The fourth-order valence-electron chi connectivity index (χ4n) is 2.91. The molecule has 5 heteroatoms. The van der Waals surface area contributed by atoms with Gasteiger partial charge in [-0.05, 0) is 38.3 Å². The summed E-state index contributed by atoms with van der Waals surface area (Å²) in [6, 6.07) is 8.63. The van der Waals surface area contributed by atoms with E-state index in [2.05, 4.69) is 72.4 Å². The van der Waals surface area contributed by atoms with E-state index in [0.717, 1.165) is 31.2 Å². The molecular weight excluding hydrogens is 298 g/mol. The van der Waals surface area contributed by atoms with E-state index in [4.69, 9.17) is 0 Å². The van der Waals surface area contributed by atoms with Gasteiger partial charge in [0.05, 0.1) is 5.69 Å². The van der Waals surface area contributed by atoms with E-state index in [1.54, 1.807) is 0 Å². The first-order valence-electron chi connectivity index (χ1n) is 8.38. The predicted octanol–water partition coefficient (Wildman–Crippen LogP) is 2.60. The van der Waals surface area contributed by atoms with Gasteiger partial charge in [-0.25, -0.2) is 0 Å². The average molecular weight is 327 g/mol. The Morgan fingerprint density at radius 1 is 1.21 bits per heavy atom. The number of benzene rings is 1. The van der Waals surface area contributed by atoms with Crippen molar-refractivity contribution in [3.8, 4) is 0 Å². The molecule has 1 N–H and O–H groups in total. The molecule has 0 saturated carbocycles. The van der Waals surface area contributed by atoms with E-state index < -0.39 is 0 Å². The quantitative estimate of drug-likeness (QED) is 0.678. The fraction of sp³-hybridized carbons (Fsp3) is 0.474. The topological polar surface area (TPSA) is 45.5 Å². The molecule has 0 aliphatic heterocycles. The van der Waals surface area contributed by atoms with Gasteiger partial charge in [0.1, 0.15) is 0 Å². The lowest BCUT2D eigenvalue weighted by molar-refractivity contribution is 0.477. The second-order valence-corrected chi connectivity index (χ2v) is 6.34. The lowest BCUT2D eigenvalue weighted by Crippen LogP contribution is -2.39. The van der Waals surface area contributed by atoms with Crippen molar-refractivity contribution in [2.24, 2.45) is 12.0 Å². The summed E-state index contributed by atoms with van der Waals surface area (Å²) >= 11 is 0. The zero-order valence-corrected chi connectivity index (χ0v) is 15.7. The lowest BCUT2D eigenvalue weighted by Gasteiger charge is -2.22. The number of aryl methyl sites for hydroxylation is 3. The normalized spacial score (nSPS) is 11.7. The standard InChI is InChI=1S/C19H29N5/c1-14-7-9-17(10-8-14)13-23(5)19(20-4)21-12-11-18-15(2)22-24(6)16(18)3/h7-10H,11-13H2,1-6H3,(H,20,21). The Bertz CT molecular complexity index is 697. The van der Waals surface area contributed by atoms with Crippen molar-refractivity contribution < 1.29 is 0 Å². The van der Waals surface area contributed by atoms with Gasteiger partial charge in [0, 0.05) is 39.9 Å². The molecule has 1 heterocycles. The molecule has 0 aliphatic rings. The maximum Gasteiger partial charge on any atom is 0.193 e. The van der Waals surface area contributed by atoms with Gasteiger partial charge in [-0.2, -0.15) is 5.10 Å². The van der Waals surface area contributed by atoms with Crippen molar-refractivity contribution in [2.45, 2.75) is 33.7 Å². The highest BCUT2D eigenvalue weighted by Crippen LogP contribution is 2.12. The molecule has 0 bridgehead atoms. The molecular formula is C19H29N5. The lowest BCUT2D eigenvalue weighted by atomic mass is 10.1. The Hall–Kier alpha value is -2.30. The van der Waals surface area contributed by atoms with E-state index in [9.17, 15) is 0 Å². The number of guanidine groups is 1. The van der Waals surface area contributed by atoms with Crippen LogP contribution in [0, 0.1) is 20.8 Å². The van der Waals surface area contributed by atoms with Crippen molar-refractivity contribution in [3.63, 3.8) is 0 Å². The van der Waals surface area contributed by atoms with Crippen LogP contribution in [0.3, 0.4) is 0 Å². The van der Waals surface area contributed by atoms with Crippen LogP contribution in [0.2, 0.25) is 0 Å². The van der Waals surface area contributed by atoms with Crippen molar-refractivity contribution in [2.75, 3.05) is 20.6 Å². The molecule has 1 aromatic carbocycles. The van der Waals surface area contributed by atoms with Crippen molar-refractivity contribution in [3.05, 3.63) is 52.3 Å². The SMILES string of the molecule is CN=C(NCCc1c(C)nn(C)c1C)N(C)Cc1ccc(C)cc1.